The summed E-state index contributed by atoms with van der Waals surface area (Å²) in [6, 6.07) is 22.6. The molecule has 174 valence electrons. The van der Waals surface area contributed by atoms with E-state index in [0.29, 0.717) is 12.1 Å². The summed E-state index contributed by atoms with van der Waals surface area (Å²) in [4.78, 5) is 13.2. The van der Waals surface area contributed by atoms with Crippen molar-refractivity contribution in [2.75, 3.05) is 18.0 Å². The Morgan fingerprint density at radius 1 is 0.939 bits per heavy atom. The molecule has 0 bridgehead atoms. The molecule has 7 heteroatoms. The van der Waals surface area contributed by atoms with Gasteiger partial charge in [-0.1, -0.05) is 56.3 Å². The summed E-state index contributed by atoms with van der Waals surface area (Å²) in [6.07, 6.45) is 1.50. The molecule has 1 amide bonds. The predicted molar refractivity (Wildman–Crippen MR) is 131 cm³/mol. The first-order valence-electron chi connectivity index (χ1n) is 11.0. The van der Waals surface area contributed by atoms with Gasteiger partial charge in [0.1, 0.15) is 12.3 Å². The van der Waals surface area contributed by atoms with Crippen LogP contribution in [0.15, 0.2) is 83.8 Å². The van der Waals surface area contributed by atoms with E-state index < -0.39 is 10.0 Å². The average molecular weight is 467 g/mol. The zero-order valence-electron chi connectivity index (χ0n) is 19.2. The molecule has 3 rings (SSSR count). The molecular weight excluding hydrogens is 436 g/mol. The van der Waals surface area contributed by atoms with Gasteiger partial charge in [0, 0.05) is 0 Å². The number of rotatable bonds is 10. The molecule has 3 aromatic rings. The van der Waals surface area contributed by atoms with Gasteiger partial charge in [-0.3, -0.25) is 9.10 Å². The number of hydrogen-bond donors (Lipinski definition) is 1. The van der Waals surface area contributed by atoms with Gasteiger partial charge in [0.05, 0.1) is 23.7 Å². The molecule has 0 spiro atoms. The fourth-order valence-corrected chi connectivity index (χ4v) is 5.00. The van der Waals surface area contributed by atoms with Gasteiger partial charge in [-0.25, -0.2) is 8.42 Å². The van der Waals surface area contributed by atoms with E-state index in [9.17, 15) is 13.2 Å². The van der Waals surface area contributed by atoms with Crippen molar-refractivity contribution in [1.29, 1.82) is 0 Å². The number of amides is 1. The van der Waals surface area contributed by atoms with E-state index in [1.807, 2.05) is 50.2 Å². The van der Waals surface area contributed by atoms with Crippen molar-refractivity contribution in [3.8, 4) is 5.75 Å². The van der Waals surface area contributed by atoms with Crippen LogP contribution in [0.1, 0.15) is 37.4 Å². The Balaban J connectivity index is 1.87. The Labute approximate surface area is 196 Å². The topological polar surface area (TPSA) is 75.7 Å². The van der Waals surface area contributed by atoms with E-state index >= 15 is 0 Å². The second kappa shape index (κ2) is 11.0. The fourth-order valence-electron chi connectivity index (χ4n) is 3.56. The van der Waals surface area contributed by atoms with Crippen molar-refractivity contribution in [3.05, 3.63) is 90.0 Å². The normalized spacial score (nSPS) is 12.1. The molecule has 1 atom stereocenters. The van der Waals surface area contributed by atoms with Crippen LogP contribution in [0.25, 0.3) is 0 Å². The predicted octanol–water partition coefficient (Wildman–Crippen LogP) is 4.72. The maximum absolute atomic E-state index is 13.5. The number of sulfonamides is 1. The van der Waals surface area contributed by atoms with Crippen LogP contribution in [0.2, 0.25) is 0 Å². The maximum Gasteiger partial charge on any atom is 0.264 e. The van der Waals surface area contributed by atoms with E-state index in [2.05, 4.69) is 5.32 Å². The number of carbonyl (C=O) groups is 1. The van der Waals surface area contributed by atoms with E-state index in [4.69, 9.17) is 4.74 Å². The van der Waals surface area contributed by atoms with Gasteiger partial charge in [-0.2, -0.15) is 0 Å². The fraction of sp³-hybridized carbons (Fsp3) is 0.269. The number of ether oxygens (including phenoxy) is 1. The molecule has 6 nitrogen and oxygen atoms in total. The molecule has 0 saturated carbocycles. The second-order valence-electron chi connectivity index (χ2n) is 7.65. The van der Waals surface area contributed by atoms with Crippen molar-refractivity contribution < 1.29 is 17.9 Å². The van der Waals surface area contributed by atoms with Gasteiger partial charge in [0.25, 0.3) is 10.0 Å². The van der Waals surface area contributed by atoms with Gasteiger partial charge in [0.15, 0.2) is 0 Å². The number of hydrogen-bond acceptors (Lipinski definition) is 4. The van der Waals surface area contributed by atoms with Gasteiger partial charge < -0.3 is 10.1 Å². The van der Waals surface area contributed by atoms with Crippen molar-refractivity contribution in [1.82, 2.24) is 5.32 Å². The Morgan fingerprint density at radius 3 is 2.12 bits per heavy atom. The zero-order chi connectivity index (χ0) is 23.8. The Hall–Kier alpha value is -3.32. The number of benzene rings is 3. The van der Waals surface area contributed by atoms with Crippen molar-refractivity contribution in [2.24, 2.45) is 0 Å². The largest absolute Gasteiger partial charge is 0.497 e. The van der Waals surface area contributed by atoms with E-state index in [1.54, 1.807) is 37.4 Å². The standard InChI is InChI=1S/C26H30N2O4S/c1-4-20-11-15-22(16-12-20)28(33(30,31)24-9-7-6-8-10-24)19-26(29)27-25(5-2)21-13-17-23(32-3)18-14-21/h6-18,25H,4-5,19H2,1-3H3,(H,27,29)/t25-/m0/s1. The SMILES string of the molecule is CCc1ccc(N(CC(=O)N[C@@H](CC)c2ccc(OC)cc2)S(=O)(=O)c2ccccc2)cc1. The molecular formula is C26H30N2O4S. The average Bonchev–Trinajstić information content (AvgIpc) is 2.86. The van der Waals surface area contributed by atoms with Crippen LogP contribution < -0.4 is 14.4 Å². The summed E-state index contributed by atoms with van der Waals surface area (Å²) in [7, 11) is -2.33. The van der Waals surface area contributed by atoms with E-state index in [0.717, 1.165) is 27.6 Å². The molecule has 0 radical (unpaired) electrons. The highest BCUT2D eigenvalue weighted by Crippen LogP contribution is 2.25. The number of nitrogens with zero attached hydrogens (tertiary/aromatic N) is 1. The van der Waals surface area contributed by atoms with Crippen LogP contribution >= 0.6 is 0 Å². The molecule has 0 fully saturated rings. The van der Waals surface area contributed by atoms with Crippen LogP contribution in [0.3, 0.4) is 0 Å². The van der Waals surface area contributed by atoms with Crippen LogP contribution in [0.5, 0.6) is 5.75 Å². The van der Waals surface area contributed by atoms with E-state index in [1.165, 1.54) is 12.1 Å². The smallest absolute Gasteiger partial charge is 0.264 e. The summed E-state index contributed by atoms with van der Waals surface area (Å²) >= 11 is 0. The highest BCUT2D eigenvalue weighted by Gasteiger charge is 2.28. The third-order valence-electron chi connectivity index (χ3n) is 5.51. The number of anilines is 1. The van der Waals surface area contributed by atoms with E-state index in [-0.39, 0.29) is 23.4 Å². The van der Waals surface area contributed by atoms with Crippen molar-refractivity contribution in [3.63, 3.8) is 0 Å². The number of methoxy groups -OCH3 is 1. The first-order valence-corrected chi connectivity index (χ1v) is 12.4. The zero-order valence-corrected chi connectivity index (χ0v) is 20.0. The molecule has 0 aliphatic rings. The molecule has 33 heavy (non-hydrogen) atoms. The van der Waals surface area contributed by atoms with Gasteiger partial charge in [-0.05, 0) is 60.4 Å². The Morgan fingerprint density at radius 2 is 1.58 bits per heavy atom. The molecule has 0 aliphatic carbocycles. The monoisotopic (exact) mass is 466 g/mol. The maximum atomic E-state index is 13.5. The highest BCUT2D eigenvalue weighted by molar-refractivity contribution is 7.92. The summed E-state index contributed by atoms with van der Waals surface area (Å²) < 4.78 is 33.3. The summed E-state index contributed by atoms with van der Waals surface area (Å²) in [5.41, 5.74) is 2.46. The van der Waals surface area contributed by atoms with Gasteiger partial charge in [-0.15, -0.1) is 0 Å². The number of nitrogens with one attached hydrogen (secondary N) is 1. The summed E-state index contributed by atoms with van der Waals surface area (Å²) in [5.74, 6) is 0.354. The first-order chi connectivity index (χ1) is 15.9. The van der Waals surface area contributed by atoms with Crippen LogP contribution in [-0.2, 0) is 21.2 Å². The number of aryl methyl sites for hydroxylation is 1. The quantitative estimate of drug-likeness (QED) is 0.469. The minimum absolute atomic E-state index is 0.138. The Bertz CT molecular complexity index is 1150. The van der Waals surface area contributed by atoms with Gasteiger partial charge in [0.2, 0.25) is 5.91 Å². The molecule has 0 heterocycles. The van der Waals surface area contributed by atoms with Gasteiger partial charge >= 0.3 is 0 Å². The minimum Gasteiger partial charge on any atom is -0.497 e. The second-order valence-corrected chi connectivity index (χ2v) is 9.51. The lowest BCUT2D eigenvalue weighted by molar-refractivity contribution is -0.120. The summed E-state index contributed by atoms with van der Waals surface area (Å²) in [6.45, 7) is 3.68. The van der Waals surface area contributed by atoms with Crippen LogP contribution in [0.4, 0.5) is 5.69 Å². The first kappa shape index (κ1) is 24.3. The number of carbonyl (C=O) groups excluding carboxylic acids is 1. The lowest BCUT2D eigenvalue weighted by atomic mass is 10.0. The lowest BCUT2D eigenvalue weighted by Gasteiger charge is -2.26. The third-order valence-corrected chi connectivity index (χ3v) is 7.30. The van der Waals surface area contributed by atoms with Crippen LogP contribution in [-0.4, -0.2) is 28.0 Å². The summed E-state index contributed by atoms with van der Waals surface area (Å²) in [5, 5.41) is 2.98. The molecule has 1 N–H and O–H groups in total. The molecule has 0 aliphatic heterocycles. The Kier molecular flexibility index (Phi) is 8.11. The van der Waals surface area contributed by atoms with Crippen LogP contribution in [0, 0.1) is 0 Å². The molecule has 0 saturated heterocycles. The highest BCUT2D eigenvalue weighted by atomic mass is 32.2. The lowest BCUT2D eigenvalue weighted by Crippen LogP contribution is -2.42. The van der Waals surface area contributed by atoms with Crippen molar-refractivity contribution >= 4 is 21.6 Å². The third kappa shape index (κ3) is 5.93. The molecule has 0 aromatic heterocycles. The minimum atomic E-state index is -3.93. The molecule has 3 aromatic carbocycles. The molecule has 0 unspecified atom stereocenters. The van der Waals surface area contributed by atoms with Crippen molar-refractivity contribution in [2.45, 2.75) is 37.6 Å².